The van der Waals surface area contributed by atoms with E-state index in [4.69, 9.17) is 11.6 Å². The lowest BCUT2D eigenvalue weighted by atomic mass is 10.1. The van der Waals surface area contributed by atoms with Crippen molar-refractivity contribution >= 4 is 35.2 Å². The number of allylic oxidation sites excluding steroid dienone is 2. The van der Waals surface area contributed by atoms with Crippen molar-refractivity contribution in [2.45, 2.75) is 0 Å². The molecule has 112 valence electrons. The summed E-state index contributed by atoms with van der Waals surface area (Å²) < 4.78 is 0. The van der Waals surface area contributed by atoms with Crippen molar-refractivity contribution in [2.24, 2.45) is 0 Å². The average molecular weight is 312 g/mol. The highest BCUT2D eigenvalue weighted by Crippen LogP contribution is 2.14. The third kappa shape index (κ3) is 4.90. The summed E-state index contributed by atoms with van der Waals surface area (Å²) in [6.07, 6.45) is 6.67. The van der Waals surface area contributed by atoms with Gasteiger partial charge in [0.2, 0.25) is 0 Å². The molecule has 2 aromatic carbocycles. The molecule has 0 atom stereocenters. The highest BCUT2D eigenvalue weighted by molar-refractivity contribution is 6.30. The van der Waals surface area contributed by atoms with Crippen LogP contribution < -0.4 is 4.90 Å². The Morgan fingerprint density at radius 3 is 2.18 bits per heavy atom. The topological polar surface area (TPSA) is 20.3 Å². The second kappa shape index (κ2) is 7.62. The lowest BCUT2D eigenvalue weighted by Gasteiger charge is -2.11. The number of halogens is 1. The maximum atomic E-state index is 11.8. The predicted octanol–water partition coefficient (Wildman–Crippen LogP) is 4.70. The molecule has 3 heteroatoms. The van der Waals surface area contributed by atoms with E-state index < -0.39 is 0 Å². The van der Waals surface area contributed by atoms with Crippen molar-refractivity contribution in [3.8, 4) is 0 Å². The summed E-state index contributed by atoms with van der Waals surface area (Å²) in [6.45, 7) is 0. The van der Waals surface area contributed by atoms with Gasteiger partial charge in [-0.05, 0) is 47.5 Å². The van der Waals surface area contributed by atoms with E-state index in [-0.39, 0.29) is 5.78 Å². The van der Waals surface area contributed by atoms with Crippen LogP contribution in [-0.4, -0.2) is 19.9 Å². The van der Waals surface area contributed by atoms with E-state index in [1.165, 1.54) is 6.08 Å². The van der Waals surface area contributed by atoms with Gasteiger partial charge in [-0.1, -0.05) is 48.0 Å². The maximum absolute atomic E-state index is 11.8. The largest absolute Gasteiger partial charge is 0.378 e. The van der Waals surface area contributed by atoms with Crippen molar-refractivity contribution < 1.29 is 4.79 Å². The minimum absolute atomic E-state index is 0.0586. The predicted molar refractivity (Wildman–Crippen MR) is 95.3 cm³/mol. The zero-order chi connectivity index (χ0) is 15.9. The number of ketones is 1. The van der Waals surface area contributed by atoms with Gasteiger partial charge in [-0.15, -0.1) is 0 Å². The van der Waals surface area contributed by atoms with Crippen LogP contribution in [0.5, 0.6) is 0 Å². The highest BCUT2D eigenvalue weighted by atomic mass is 35.5. The molecule has 0 bridgehead atoms. The van der Waals surface area contributed by atoms with E-state index in [0.29, 0.717) is 5.02 Å². The van der Waals surface area contributed by atoms with Crippen LogP contribution in [0.15, 0.2) is 60.7 Å². The average Bonchev–Trinajstić information content (AvgIpc) is 2.51. The normalized spacial score (nSPS) is 11.2. The standard InChI is InChI=1S/C19H18ClNO/c1-21(2)18-10-6-15(7-11-18)8-12-19(22)13-9-16-4-3-5-17(20)14-16/h3-14H,1-2H3/b12-8+,13-9+. The first-order valence-electron chi connectivity index (χ1n) is 6.98. The van der Waals surface area contributed by atoms with Gasteiger partial charge in [-0.2, -0.15) is 0 Å². The first-order chi connectivity index (χ1) is 10.5. The van der Waals surface area contributed by atoms with Crippen molar-refractivity contribution in [1.29, 1.82) is 0 Å². The second-order valence-corrected chi connectivity index (χ2v) is 5.55. The Morgan fingerprint density at radius 1 is 0.955 bits per heavy atom. The van der Waals surface area contributed by atoms with Crippen molar-refractivity contribution in [2.75, 3.05) is 19.0 Å². The monoisotopic (exact) mass is 311 g/mol. The summed E-state index contributed by atoms with van der Waals surface area (Å²) >= 11 is 5.90. The number of benzene rings is 2. The number of anilines is 1. The molecular formula is C19H18ClNO. The Hall–Kier alpha value is -2.32. The minimum Gasteiger partial charge on any atom is -0.378 e. The number of rotatable bonds is 5. The highest BCUT2D eigenvalue weighted by Gasteiger charge is 1.95. The van der Waals surface area contributed by atoms with Gasteiger partial charge in [0.15, 0.2) is 5.78 Å². The minimum atomic E-state index is -0.0586. The molecule has 0 radical (unpaired) electrons. The van der Waals surface area contributed by atoms with Gasteiger partial charge in [0.25, 0.3) is 0 Å². The molecule has 0 unspecified atom stereocenters. The SMILES string of the molecule is CN(C)c1ccc(/C=C/C(=O)/C=C/c2cccc(Cl)c2)cc1. The summed E-state index contributed by atoms with van der Waals surface area (Å²) in [6, 6.07) is 15.4. The fraction of sp³-hybridized carbons (Fsp3) is 0.105. The molecule has 2 aromatic rings. The molecule has 2 rings (SSSR count). The molecule has 0 aliphatic heterocycles. The Morgan fingerprint density at radius 2 is 1.59 bits per heavy atom. The quantitative estimate of drug-likeness (QED) is 0.746. The van der Waals surface area contributed by atoms with Crippen LogP contribution in [0.1, 0.15) is 11.1 Å². The van der Waals surface area contributed by atoms with Crippen LogP contribution in [0, 0.1) is 0 Å². The van der Waals surface area contributed by atoms with Gasteiger partial charge in [-0.3, -0.25) is 4.79 Å². The molecule has 0 amide bonds. The lowest BCUT2D eigenvalue weighted by molar-refractivity contribution is -0.110. The molecule has 0 aromatic heterocycles. The van der Waals surface area contributed by atoms with Crippen LogP contribution in [0.4, 0.5) is 5.69 Å². The van der Waals surface area contributed by atoms with Crippen LogP contribution in [0.2, 0.25) is 5.02 Å². The fourth-order valence-corrected chi connectivity index (χ4v) is 2.10. The molecule has 0 spiro atoms. The third-order valence-corrected chi connectivity index (χ3v) is 3.37. The first kappa shape index (κ1) is 16.1. The second-order valence-electron chi connectivity index (χ2n) is 5.11. The van der Waals surface area contributed by atoms with Crippen molar-refractivity contribution in [1.82, 2.24) is 0 Å². The molecule has 0 aliphatic rings. The molecular weight excluding hydrogens is 294 g/mol. The summed E-state index contributed by atoms with van der Waals surface area (Å²) in [4.78, 5) is 13.9. The summed E-state index contributed by atoms with van der Waals surface area (Å²) in [5.74, 6) is -0.0586. The van der Waals surface area contributed by atoms with Gasteiger partial charge < -0.3 is 4.90 Å². The first-order valence-corrected chi connectivity index (χ1v) is 7.35. The van der Waals surface area contributed by atoms with Crippen LogP contribution in [0.3, 0.4) is 0 Å². The van der Waals surface area contributed by atoms with Crippen molar-refractivity contribution in [3.63, 3.8) is 0 Å². The van der Waals surface area contributed by atoms with E-state index in [9.17, 15) is 4.79 Å². The lowest BCUT2D eigenvalue weighted by Crippen LogP contribution is -2.07. The maximum Gasteiger partial charge on any atom is 0.178 e. The molecule has 0 fully saturated rings. The molecule has 2 nitrogen and oxygen atoms in total. The van der Waals surface area contributed by atoms with E-state index >= 15 is 0 Å². The number of nitrogens with zero attached hydrogens (tertiary/aromatic N) is 1. The number of carbonyl (C=O) groups is 1. The van der Waals surface area contributed by atoms with Gasteiger partial charge >= 0.3 is 0 Å². The zero-order valence-electron chi connectivity index (χ0n) is 12.7. The summed E-state index contributed by atoms with van der Waals surface area (Å²) in [5.41, 5.74) is 3.03. The van der Waals surface area contributed by atoms with E-state index in [1.54, 1.807) is 18.2 Å². The number of hydrogen-bond acceptors (Lipinski definition) is 2. The Bertz CT molecular complexity index is 700. The van der Waals surface area contributed by atoms with Crippen molar-refractivity contribution in [3.05, 3.63) is 76.8 Å². The third-order valence-electron chi connectivity index (χ3n) is 3.14. The Labute approximate surface area is 136 Å². The molecule has 0 N–H and O–H groups in total. The van der Waals surface area contributed by atoms with Gasteiger partial charge in [0.05, 0.1) is 0 Å². The number of carbonyl (C=O) groups excluding carboxylic acids is 1. The Balaban J connectivity index is 1.99. The Kier molecular flexibility index (Phi) is 5.56. The van der Waals surface area contributed by atoms with Crippen LogP contribution in [0.25, 0.3) is 12.2 Å². The summed E-state index contributed by atoms with van der Waals surface area (Å²) in [7, 11) is 3.99. The van der Waals surface area contributed by atoms with E-state index in [0.717, 1.165) is 16.8 Å². The molecule has 0 heterocycles. The van der Waals surface area contributed by atoms with Gasteiger partial charge in [0, 0.05) is 24.8 Å². The number of hydrogen-bond donors (Lipinski definition) is 0. The molecule has 0 aliphatic carbocycles. The molecule has 0 saturated carbocycles. The van der Waals surface area contributed by atoms with Crippen LogP contribution >= 0.6 is 11.6 Å². The van der Waals surface area contributed by atoms with E-state index in [1.807, 2.05) is 67.5 Å². The van der Waals surface area contributed by atoms with Crippen LogP contribution in [-0.2, 0) is 4.79 Å². The van der Waals surface area contributed by atoms with Gasteiger partial charge in [-0.25, -0.2) is 0 Å². The smallest absolute Gasteiger partial charge is 0.178 e. The molecule has 0 saturated heterocycles. The zero-order valence-corrected chi connectivity index (χ0v) is 13.4. The molecule has 22 heavy (non-hydrogen) atoms. The summed E-state index contributed by atoms with van der Waals surface area (Å²) in [5, 5.41) is 0.658. The van der Waals surface area contributed by atoms with Gasteiger partial charge in [0.1, 0.15) is 0 Å². The van der Waals surface area contributed by atoms with E-state index in [2.05, 4.69) is 0 Å². The fourth-order valence-electron chi connectivity index (χ4n) is 1.91.